The SMILES string of the molecule is Cc1oc2cc(Oc3ccnc(NCCN4CCOCC4)c3)ccc2c1C(=O)NC1CC1. The van der Waals surface area contributed by atoms with Crippen LogP contribution in [0.1, 0.15) is 29.0 Å². The molecule has 3 heterocycles. The Kier molecular flexibility index (Phi) is 5.96. The lowest BCUT2D eigenvalue weighted by atomic mass is 10.1. The summed E-state index contributed by atoms with van der Waals surface area (Å²) in [4.78, 5) is 19.3. The molecule has 1 aliphatic heterocycles. The number of amides is 1. The van der Waals surface area contributed by atoms with Crippen LogP contribution in [0.4, 0.5) is 5.82 Å². The Labute approximate surface area is 186 Å². The third-order valence-electron chi connectivity index (χ3n) is 5.78. The number of aryl methyl sites for hydroxylation is 1. The van der Waals surface area contributed by atoms with Crippen LogP contribution in [0.25, 0.3) is 11.0 Å². The van der Waals surface area contributed by atoms with Gasteiger partial charge in [0.2, 0.25) is 0 Å². The summed E-state index contributed by atoms with van der Waals surface area (Å²) < 4.78 is 17.3. The van der Waals surface area contributed by atoms with E-state index in [2.05, 4.69) is 20.5 Å². The third kappa shape index (κ3) is 4.87. The van der Waals surface area contributed by atoms with Crippen molar-refractivity contribution >= 4 is 22.7 Å². The van der Waals surface area contributed by atoms with Crippen molar-refractivity contribution in [1.29, 1.82) is 0 Å². The van der Waals surface area contributed by atoms with Gasteiger partial charge in [-0.2, -0.15) is 0 Å². The second-order valence-electron chi connectivity index (χ2n) is 8.30. The molecule has 0 radical (unpaired) electrons. The van der Waals surface area contributed by atoms with Crippen LogP contribution in [0, 0.1) is 6.92 Å². The van der Waals surface area contributed by atoms with Crippen LogP contribution in [-0.4, -0.2) is 61.2 Å². The van der Waals surface area contributed by atoms with Crippen molar-refractivity contribution in [2.45, 2.75) is 25.8 Å². The Morgan fingerprint density at radius 2 is 2.00 bits per heavy atom. The highest BCUT2D eigenvalue weighted by molar-refractivity contribution is 6.07. The van der Waals surface area contributed by atoms with Crippen molar-refractivity contribution < 1.29 is 18.7 Å². The molecule has 0 atom stereocenters. The van der Waals surface area contributed by atoms with Gasteiger partial charge in [0.25, 0.3) is 5.91 Å². The first-order valence-corrected chi connectivity index (χ1v) is 11.2. The normalized spacial score (nSPS) is 16.8. The molecular formula is C24H28N4O4. The van der Waals surface area contributed by atoms with Crippen molar-refractivity contribution in [1.82, 2.24) is 15.2 Å². The standard InChI is InChI=1S/C24H28N4O4/c1-16-23(24(29)27-17-2-3-17)20-5-4-18(14-21(20)31-16)32-19-6-7-25-22(15-19)26-8-9-28-10-12-30-13-11-28/h4-7,14-15,17H,2-3,8-13H2,1H3,(H,25,26)(H,27,29). The van der Waals surface area contributed by atoms with Crippen LogP contribution in [0.3, 0.4) is 0 Å². The van der Waals surface area contributed by atoms with E-state index in [0.29, 0.717) is 34.4 Å². The molecule has 0 unspecified atom stereocenters. The van der Waals surface area contributed by atoms with E-state index in [1.807, 2.05) is 37.3 Å². The summed E-state index contributed by atoms with van der Waals surface area (Å²) >= 11 is 0. The van der Waals surface area contributed by atoms with E-state index in [0.717, 1.165) is 63.4 Å². The number of nitrogens with one attached hydrogen (secondary N) is 2. The van der Waals surface area contributed by atoms with Crippen molar-refractivity contribution in [3.63, 3.8) is 0 Å². The molecule has 2 aliphatic rings. The Morgan fingerprint density at radius 1 is 1.19 bits per heavy atom. The number of benzene rings is 1. The molecule has 168 valence electrons. The molecule has 2 fully saturated rings. The van der Waals surface area contributed by atoms with Crippen LogP contribution in [0.15, 0.2) is 40.9 Å². The Hall–Kier alpha value is -3.10. The zero-order chi connectivity index (χ0) is 21.9. The Bertz CT molecular complexity index is 1100. The van der Waals surface area contributed by atoms with Crippen LogP contribution in [-0.2, 0) is 4.74 Å². The van der Waals surface area contributed by atoms with Gasteiger partial charge in [0.15, 0.2) is 0 Å². The molecule has 1 saturated carbocycles. The maximum Gasteiger partial charge on any atom is 0.255 e. The molecule has 32 heavy (non-hydrogen) atoms. The first kappa shape index (κ1) is 20.8. The predicted molar refractivity (Wildman–Crippen MR) is 121 cm³/mol. The van der Waals surface area contributed by atoms with Gasteiger partial charge in [-0.1, -0.05) is 0 Å². The molecule has 5 rings (SSSR count). The number of furan rings is 1. The number of anilines is 1. The number of rotatable bonds is 8. The fourth-order valence-corrected chi connectivity index (χ4v) is 3.90. The van der Waals surface area contributed by atoms with E-state index >= 15 is 0 Å². The van der Waals surface area contributed by atoms with Gasteiger partial charge in [-0.25, -0.2) is 4.98 Å². The number of aromatic nitrogens is 1. The quantitative estimate of drug-likeness (QED) is 0.558. The van der Waals surface area contributed by atoms with Gasteiger partial charge in [0.1, 0.15) is 28.7 Å². The molecule has 3 aromatic rings. The lowest BCUT2D eigenvalue weighted by Crippen LogP contribution is -2.39. The average molecular weight is 437 g/mol. The number of pyridine rings is 1. The number of fused-ring (bicyclic) bond motifs is 1. The smallest absolute Gasteiger partial charge is 0.255 e. The topological polar surface area (TPSA) is 88.9 Å². The minimum absolute atomic E-state index is 0.0700. The molecule has 1 aliphatic carbocycles. The summed E-state index contributed by atoms with van der Waals surface area (Å²) in [6, 6.07) is 9.56. The number of hydrogen-bond donors (Lipinski definition) is 2. The number of carbonyl (C=O) groups excluding carboxylic acids is 1. The Morgan fingerprint density at radius 3 is 2.81 bits per heavy atom. The highest BCUT2D eigenvalue weighted by Crippen LogP contribution is 2.32. The van der Waals surface area contributed by atoms with Crippen LogP contribution >= 0.6 is 0 Å². The summed E-state index contributed by atoms with van der Waals surface area (Å²) in [7, 11) is 0. The summed E-state index contributed by atoms with van der Waals surface area (Å²) in [5.74, 6) is 2.64. The van der Waals surface area contributed by atoms with Crippen molar-refractivity contribution in [3.8, 4) is 11.5 Å². The molecule has 1 saturated heterocycles. The molecule has 2 N–H and O–H groups in total. The summed E-state index contributed by atoms with van der Waals surface area (Å²) in [5, 5.41) is 7.19. The van der Waals surface area contributed by atoms with Crippen LogP contribution in [0.2, 0.25) is 0 Å². The predicted octanol–water partition coefficient (Wildman–Crippen LogP) is 3.56. The second kappa shape index (κ2) is 9.18. The molecule has 8 nitrogen and oxygen atoms in total. The third-order valence-corrected chi connectivity index (χ3v) is 5.78. The van der Waals surface area contributed by atoms with E-state index in [9.17, 15) is 4.79 Å². The molecule has 1 aromatic carbocycles. The van der Waals surface area contributed by atoms with Gasteiger partial charge in [-0.05, 0) is 38.0 Å². The summed E-state index contributed by atoms with van der Waals surface area (Å²) in [6.45, 7) is 7.11. The second-order valence-corrected chi connectivity index (χ2v) is 8.30. The van der Waals surface area contributed by atoms with E-state index in [4.69, 9.17) is 13.9 Å². The van der Waals surface area contributed by atoms with E-state index in [1.54, 1.807) is 6.20 Å². The minimum atomic E-state index is -0.0700. The largest absolute Gasteiger partial charge is 0.460 e. The zero-order valence-corrected chi connectivity index (χ0v) is 18.2. The Balaban J connectivity index is 1.24. The fourth-order valence-electron chi connectivity index (χ4n) is 3.90. The van der Waals surface area contributed by atoms with Gasteiger partial charge < -0.3 is 24.5 Å². The van der Waals surface area contributed by atoms with E-state index in [-0.39, 0.29) is 5.91 Å². The van der Waals surface area contributed by atoms with E-state index in [1.165, 1.54) is 0 Å². The summed E-state index contributed by atoms with van der Waals surface area (Å²) in [6.07, 6.45) is 3.82. The van der Waals surface area contributed by atoms with Crippen molar-refractivity contribution in [3.05, 3.63) is 47.9 Å². The molecule has 0 bridgehead atoms. The number of nitrogens with zero attached hydrogens (tertiary/aromatic N) is 2. The number of morpholine rings is 1. The first-order valence-electron chi connectivity index (χ1n) is 11.2. The molecule has 1 amide bonds. The van der Waals surface area contributed by atoms with Crippen LogP contribution < -0.4 is 15.4 Å². The van der Waals surface area contributed by atoms with Gasteiger partial charge in [0, 0.05) is 55.9 Å². The monoisotopic (exact) mass is 436 g/mol. The lowest BCUT2D eigenvalue weighted by Gasteiger charge is -2.26. The molecule has 0 spiro atoms. The molecule has 2 aromatic heterocycles. The lowest BCUT2D eigenvalue weighted by molar-refractivity contribution is 0.0398. The average Bonchev–Trinajstić information content (AvgIpc) is 3.54. The van der Waals surface area contributed by atoms with Gasteiger partial charge >= 0.3 is 0 Å². The maximum absolute atomic E-state index is 12.6. The van der Waals surface area contributed by atoms with Gasteiger partial charge in [-0.15, -0.1) is 0 Å². The minimum Gasteiger partial charge on any atom is -0.460 e. The number of carbonyl (C=O) groups is 1. The summed E-state index contributed by atoms with van der Waals surface area (Å²) in [5.41, 5.74) is 1.24. The number of hydrogen-bond acceptors (Lipinski definition) is 7. The molecular weight excluding hydrogens is 408 g/mol. The van der Waals surface area contributed by atoms with E-state index < -0.39 is 0 Å². The highest BCUT2D eigenvalue weighted by atomic mass is 16.5. The fraction of sp³-hybridized carbons (Fsp3) is 0.417. The molecule has 8 heteroatoms. The van der Waals surface area contributed by atoms with Crippen LogP contribution in [0.5, 0.6) is 11.5 Å². The van der Waals surface area contributed by atoms with Gasteiger partial charge in [-0.3, -0.25) is 9.69 Å². The van der Waals surface area contributed by atoms with Crippen molar-refractivity contribution in [2.24, 2.45) is 0 Å². The number of ether oxygens (including phenoxy) is 2. The maximum atomic E-state index is 12.6. The highest BCUT2D eigenvalue weighted by Gasteiger charge is 2.27. The van der Waals surface area contributed by atoms with Gasteiger partial charge in [0.05, 0.1) is 18.8 Å². The zero-order valence-electron chi connectivity index (χ0n) is 18.2. The van der Waals surface area contributed by atoms with Crippen molar-refractivity contribution in [2.75, 3.05) is 44.7 Å². The first-order chi connectivity index (χ1) is 15.7.